The van der Waals surface area contributed by atoms with Crippen molar-refractivity contribution in [1.29, 1.82) is 0 Å². The molecule has 0 amide bonds. The van der Waals surface area contributed by atoms with E-state index in [1.54, 1.807) is 6.07 Å². The maximum absolute atomic E-state index is 11.0. The first-order chi connectivity index (χ1) is 8.05. The number of nitrogens with one attached hydrogen (secondary N) is 1. The molecule has 1 fully saturated rings. The molecule has 0 saturated carbocycles. The first kappa shape index (κ1) is 12.6. The zero-order valence-corrected chi connectivity index (χ0v) is 10.2. The quantitative estimate of drug-likeness (QED) is 0.806. The highest BCUT2D eigenvalue weighted by molar-refractivity contribution is 7.89. The summed E-state index contributed by atoms with van der Waals surface area (Å²) in [6.45, 7) is 2.02. The fourth-order valence-corrected chi connectivity index (χ4v) is 2.23. The van der Waals surface area contributed by atoms with Crippen molar-refractivity contribution in [1.82, 2.24) is 5.32 Å². The normalized spacial score (nSPS) is 18.4. The molecule has 0 spiro atoms. The second kappa shape index (κ2) is 5.18. The van der Waals surface area contributed by atoms with Crippen LogP contribution in [0.5, 0.6) is 0 Å². The smallest absolute Gasteiger partial charge is 0.271 e. The molecule has 7 heteroatoms. The van der Waals surface area contributed by atoms with Crippen LogP contribution in [0.1, 0.15) is 18.6 Å². The van der Waals surface area contributed by atoms with Crippen molar-refractivity contribution in [2.75, 3.05) is 13.2 Å². The van der Waals surface area contributed by atoms with E-state index in [0.717, 1.165) is 26.1 Å². The lowest BCUT2D eigenvalue weighted by molar-refractivity contribution is 0.0770. The molecule has 0 radical (unpaired) electrons. The Hall–Kier alpha value is -0.890. The summed E-state index contributed by atoms with van der Waals surface area (Å²) in [6.07, 6.45) is 1.92. The molecule has 0 aromatic carbocycles. The summed E-state index contributed by atoms with van der Waals surface area (Å²) in [5, 5.41) is 8.05. The Bertz CT molecular complexity index is 462. The third-order valence-corrected chi connectivity index (χ3v) is 3.48. The van der Waals surface area contributed by atoms with Gasteiger partial charge in [0.05, 0.1) is 6.54 Å². The van der Waals surface area contributed by atoms with Crippen LogP contribution < -0.4 is 10.5 Å². The number of primary sulfonamides is 1. The summed E-state index contributed by atoms with van der Waals surface area (Å²) < 4.78 is 32.4. The van der Waals surface area contributed by atoms with E-state index in [4.69, 9.17) is 14.3 Å². The van der Waals surface area contributed by atoms with E-state index in [1.165, 1.54) is 6.07 Å². The zero-order valence-electron chi connectivity index (χ0n) is 9.39. The van der Waals surface area contributed by atoms with Crippen LogP contribution >= 0.6 is 0 Å². The molecule has 6 nitrogen and oxygen atoms in total. The largest absolute Gasteiger partial charge is 0.447 e. The Morgan fingerprint density at radius 3 is 2.65 bits per heavy atom. The maximum Gasteiger partial charge on any atom is 0.271 e. The highest BCUT2D eigenvalue weighted by Gasteiger charge is 2.16. The molecule has 0 aliphatic carbocycles. The van der Waals surface area contributed by atoms with Crippen LogP contribution in [-0.4, -0.2) is 27.7 Å². The molecule has 0 bridgehead atoms. The molecule has 1 saturated heterocycles. The SMILES string of the molecule is NS(=O)(=O)c1ccc(CNC2CCOCC2)o1. The highest BCUT2D eigenvalue weighted by atomic mass is 32.2. The van der Waals surface area contributed by atoms with E-state index in [1.807, 2.05) is 0 Å². The minimum absolute atomic E-state index is 0.193. The van der Waals surface area contributed by atoms with Gasteiger partial charge in [-0.3, -0.25) is 0 Å². The molecular formula is C10H16N2O4S. The fourth-order valence-electron chi connectivity index (χ4n) is 1.75. The van der Waals surface area contributed by atoms with Gasteiger partial charge in [0.25, 0.3) is 10.0 Å². The van der Waals surface area contributed by atoms with Gasteiger partial charge in [-0.15, -0.1) is 0 Å². The lowest BCUT2D eigenvalue weighted by Gasteiger charge is -2.22. The van der Waals surface area contributed by atoms with E-state index in [-0.39, 0.29) is 5.09 Å². The predicted octanol–water partition coefficient (Wildman–Crippen LogP) is 0.196. The van der Waals surface area contributed by atoms with E-state index < -0.39 is 10.0 Å². The van der Waals surface area contributed by atoms with E-state index in [0.29, 0.717) is 18.3 Å². The van der Waals surface area contributed by atoms with Crippen molar-refractivity contribution in [3.05, 3.63) is 17.9 Å². The fraction of sp³-hybridized carbons (Fsp3) is 0.600. The topological polar surface area (TPSA) is 94.6 Å². The first-order valence-electron chi connectivity index (χ1n) is 5.48. The number of nitrogens with two attached hydrogens (primary N) is 1. The van der Waals surface area contributed by atoms with E-state index >= 15 is 0 Å². The van der Waals surface area contributed by atoms with Crippen molar-refractivity contribution in [2.45, 2.75) is 30.5 Å². The van der Waals surface area contributed by atoms with Crippen molar-refractivity contribution in [2.24, 2.45) is 5.14 Å². The van der Waals surface area contributed by atoms with Gasteiger partial charge in [0.15, 0.2) is 0 Å². The second-order valence-corrected chi connectivity index (χ2v) is 5.53. The number of hydrogen-bond acceptors (Lipinski definition) is 5. The number of hydrogen-bond donors (Lipinski definition) is 2. The Balaban J connectivity index is 1.89. The van der Waals surface area contributed by atoms with Crippen LogP contribution in [0.25, 0.3) is 0 Å². The third-order valence-electron chi connectivity index (χ3n) is 2.70. The van der Waals surface area contributed by atoms with Gasteiger partial charge in [-0.2, -0.15) is 0 Å². The molecular weight excluding hydrogens is 244 g/mol. The van der Waals surface area contributed by atoms with Crippen molar-refractivity contribution in [3.8, 4) is 0 Å². The standard InChI is InChI=1S/C10H16N2O4S/c11-17(13,14)10-2-1-9(16-10)7-12-8-3-5-15-6-4-8/h1-2,8,12H,3-7H2,(H2,11,13,14). The summed E-state index contributed by atoms with van der Waals surface area (Å²) in [5.74, 6) is 0.570. The zero-order chi connectivity index (χ0) is 12.3. The van der Waals surface area contributed by atoms with Gasteiger partial charge >= 0.3 is 0 Å². The molecule has 2 rings (SSSR count). The average molecular weight is 260 g/mol. The number of ether oxygens (including phenoxy) is 1. The van der Waals surface area contributed by atoms with Crippen molar-refractivity contribution >= 4 is 10.0 Å². The van der Waals surface area contributed by atoms with E-state index in [2.05, 4.69) is 5.32 Å². The van der Waals surface area contributed by atoms with Crippen molar-refractivity contribution in [3.63, 3.8) is 0 Å². The molecule has 0 unspecified atom stereocenters. The summed E-state index contributed by atoms with van der Waals surface area (Å²) >= 11 is 0. The molecule has 0 atom stereocenters. The lowest BCUT2D eigenvalue weighted by atomic mass is 10.1. The monoisotopic (exact) mass is 260 g/mol. The van der Waals surface area contributed by atoms with Gasteiger partial charge in [-0.25, -0.2) is 13.6 Å². The molecule has 1 aliphatic rings. The van der Waals surface area contributed by atoms with Crippen LogP contribution in [0, 0.1) is 0 Å². The first-order valence-corrected chi connectivity index (χ1v) is 7.03. The van der Waals surface area contributed by atoms with E-state index in [9.17, 15) is 8.42 Å². The lowest BCUT2D eigenvalue weighted by Crippen LogP contribution is -2.34. The molecule has 3 N–H and O–H groups in total. The minimum atomic E-state index is -3.74. The summed E-state index contributed by atoms with van der Waals surface area (Å²) in [4.78, 5) is 0. The van der Waals surface area contributed by atoms with Crippen LogP contribution in [0.4, 0.5) is 0 Å². The van der Waals surface area contributed by atoms with Gasteiger partial charge in [0.2, 0.25) is 5.09 Å². The average Bonchev–Trinajstić information content (AvgIpc) is 2.76. The number of sulfonamides is 1. The summed E-state index contributed by atoms with van der Waals surface area (Å²) in [6, 6.07) is 3.38. The van der Waals surface area contributed by atoms with Gasteiger partial charge < -0.3 is 14.5 Å². The molecule has 1 aliphatic heterocycles. The highest BCUT2D eigenvalue weighted by Crippen LogP contribution is 2.13. The van der Waals surface area contributed by atoms with Crippen LogP contribution in [0.3, 0.4) is 0 Å². The molecule has 17 heavy (non-hydrogen) atoms. The van der Waals surface area contributed by atoms with Gasteiger partial charge in [0, 0.05) is 19.3 Å². The van der Waals surface area contributed by atoms with Gasteiger partial charge in [0.1, 0.15) is 5.76 Å². The van der Waals surface area contributed by atoms with Crippen LogP contribution in [0.2, 0.25) is 0 Å². The maximum atomic E-state index is 11.0. The Morgan fingerprint density at radius 2 is 2.06 bits per heavy atom. The third kappa shape index (κ3) is 3.53. The molecule has 2 heterocycles. The molecule has 1 aromatic heterocycles. The Morgan fingerprint density at radius 1 is 1.35 bits per heavy atom. The Kier molecular flexibility index (Phi) is 3.82. The number of rotatable bonds is 4. The summed E-state index contributed by atoms with van der Waals surface area (Å²) in [5.41, 5.74) is 0. The predicted molar refractivity (Wildman–Crippen MR) is 60.8 cm³/mol. The molecule has 96 valence electrons. The summed E-state index contributed by atoms with van der Waals surface area (Å²) in [7, 11) is -3.74. The Labute approximate surface area is 100 Å². The van der Waals surface area contributed by atoms with Gasteiger partial charge in [-0.1, -0.05) is 0 Å². The second-order valence-electron chi connectivity index (χ2n) is 4.03. The van der Waals surface area contributed by atoms with Gasteiger partial charge in [-0.05, 0) is 25.0 Å². The molecule has 1 aromatic rings. The van der Waals surface area contributed by atoms with Crippen molar-refractivity contribution < 1.29 is 17.6 Å². The van der Waals surface area contributed by atoms with Crippen LogP contribution in [0.15, 0.2) is 21.6 Å². The minimum Gasteiger partial charge on any atom is -0.447 e. The van der Waals surface area contributed by atoms with Crippen LogP contribution in [-0.2, 0) is 21.3 Å². The number of furan rings is 1.